The van der Waals surface area contributed by atoms with Crippen LogP contribution in [0.25, 0.3) is 0 Å². The average Bonchev–Trinajstić information content (AvgIpc) is 3.16. The van der Waals surface area contributed by atoms with E-state index in [4.69, 9.17) is 6.42 Å². The lowest BCUT2D eigenvalue weighted by Gasteiger charge is -2.09. The second kappa shape index (κ2) is 6.01. The molecule has 2 N–H and O–H groups in total. The predicted molar refractivity (Wildman–Crippen MR) is 93.8 cm³/mol. The number of nitrogens with zero attached hydrogens (tertiary/aromatic N) is 1. The molecule has 24 heavy (non-hydrogen) atoms. The Labute approximate surface area is 141 Å². The van der Waals surface area contributed by atoms with Crippen LogP contribution >= 0.6 is 0 Å². The number of amides is 1. The summed E-state index contributed by atoms with van der Waals surface area (Å²) in [7, 11) is 0. The number of carbonyl (C=O) groups is 1. The minimum atomic E-state index is -0.194. The number of anilines is 1. The van der Waals surface area contributed by atoms with Gasteiger partial charge in [-0.2, -0.15) is 0 Å². The number of rotatable bonds is 5. The average molecular weight is 317 g/mol. The molecular formula is C20H19N3O. The second-order valence-electron chi connectivity index (χ2n) is 6.46. The van der Waals surface area contributed by atoms with Crippen molar-refractivity contribution >= 4 is 11.7 Å². The van der Waals surface area contributed by atoms with Crippen LogP contribution in [0.5, 0.6) is 0 Å². The maximum absolute atomic E-state index is 11.8. The molecule has 1 saturated carbocycles. The van der Waals surface area contributed by atoms with Gasteiger partial charge in [0.05, 0.1) is 12.1 Å². The Balaban J connectivity index is 1.32. The van der Waals surface area contributed by atoms with E-state index in [1.54, 1.807) is 12.3 Å². The van der Waals surface area contributed by atoms with Gasteiger partial charge in [0.1, 0.15) is 5.82 Å². The molecule has 1 aromatic carbocycles. The van der Waals surface area contributed by atoms with Crippen LogP contribution in [0, 0.1) is 24.2 Å². The van der Waals surface area contributed by atoms with Gasteiger partial charge in [-0.05, 0) is 47.4 Å². The molecule has 0 saturated heterocycles. The Morgan fingerprint density at radius 2 is 2.17 bits per heavy atom. The molecule has 2 aliphatic rings. The van der Waals surface area contributed by atoms with Crippen molar-refractivity contribution in [2.24, 2.45) is 11.8 Å². The largest absolute Gasteiger partial charge is 0.370 e. The van der Waals surface area contributed by atoms with Gasteiger partial charge in [-0.15, -0.1) is 6.42 Å². The molecule has 0 bridgehead atoms. The molecule has 4 nitrogen and oxygen atoms in total. The summed E-state index contributed by atoms with van der Waals surface area (Å²) in [4.78, 5) is 16.1. The maximum atomic E-state index is 11.8. The Hall–Kier alpha value is -2.80. The first kappa shape index (κ1) is 14.8. The van der Waals surface area contributed by atoms with Crippen LogP contribution in [0.2, 0.25) is 0 Å². The SMILES string of the molecule is C#CCNC(=O)c1ccc(NCC2C3Cc4ccccc4C23)nc1. The Bertz CT molecular complexity index is 806. The van der Waals surface area contributed by atoms with E-state index >= 15 is 0 Å². The van der Waals surface area contributed by atoms with Gasteiger partial charge in [0, 0.05) is 12.7 Å². The van der Waals surface area contributed by atoms with Gasteiger partial charge >= 0.3 is 0 Å². The zero-order valence-electron chi connectivity index (χ0n) is 13.3. The van der Waals surface area contributed by atoms with Crippen LogP contribution in [-0.2, 0) is 6.42 Å². The van der Waals surface area contributed by atoms with E-state index in [0.29, 0.717) is 17.4 Å². The fraction of sp³-hybridized carbons (Fsp3) is 0.300. The van der Waals surface area contributed by atoms with Crippen molar-refractivity contribution in [2.45, 2.75) is 12.3 Å². The predicted octanol–water partition coefficient (Wildman–Crippen LogP) is 2.44. The van der Waals surface area contributed by atoms with E-state index in [-0.39, 0.29) is 12.5 Å². The fourth-order valence-corrected chi connectivity index (χ4v) is 3.85. The van der Waals surface area contributed by atoms with Crippen LogP contribution in [0.3, 0.4) is 0 Å². The van der Waals surface area contributed by atoms with Gasteiger partial charge in [-0.1, -0.05) is 30.2 Å². The van der Waals surface area contributed by atoms with Gasteiger partial charge < -0.3 is 10.6 Å². The fourth-order valence-electron chi connectivity index (χ4n) is 3.85. The highest BCUT2D eigenvalue weighted by atomic mass is 16.1. The Morgan fingerprint density at radius 3 is 2.96 bits per heavy atom. The van der Waals surface area contributed by atoms with Crippen molar-refractivity contribution in [2.75, 3.05) is 18.4 Å². The molecule has 120 valence electrons. The third-order valence-electron chi connectivity index (χ3n) is 5.10. The van der Waals surface area contributed by atoms with Gasteiger partial charge in [0.15, 0.2) is 0 Å². The summed E-state index contributed by atoms with van der Waals surface area (Å²) in [6, 6.07) is 12.4. The molecule has 0 radical (unpaired) electrons. The summed E-state index contributed by atoms with van der Waals surface area (Å²) in [5, 5.41) is 6.03. The number of fused-ring (bicyclic) bond motifs is 3. The number of aromatic nitrogens is 1. The van der Waals surface area contributed by atoms with Crippen LogP contribution in [-0.4, -0.2) is 24.0 Å². The molecule has 1 aromatic heterocycles. The van der Waals surface area contributed by atoms with E-state index in [1.807, 2.05) is 6.07 Å². The molecule has 4 rings (SSSR count). The summed E-state index contributed by atoms with van der Waals surface area (Å²) in [6.07, 6.45) is 7.91. The first-order chi connectivity index (χ1) is 11.8. The first-order valence-electron chi connectivity index (χ1n) is 8.27. The summed E-state index contributed by atoms with van der Waals surface area (Å²) in [6.45, 7) is 1.16. The summed E-state index contributed by atoms with van der Waals surface area (Å²) in [5.74, 6) is 5.18. The highest BCUT2D eigenvalue weighted by Crippen LogP contribution is 2.61. The number of hydrogen-bond acceptors (Lipinski definition) is 3. The molecular weight excluding hydrogens is 298 g/mol. The van der Waals surface area contributed by atoms with Crippen molar-refractivity contribution in [3.63, 3.8) is 0 Å². The molecule has 3 atom stereocenters. The lowest BCUT2D eigenvalue weighted by Crippen LogP contribution is -2.23. The number of pyridine rings is 1. The zero-order valence-corrected chi connectivity index (χ0v) is 13.3. The third kappa shape index (κ3) is 2.63. The van der Waals surface area contributed by atoms with Gasteiger partial charge in [0.2, 0.25) is 0 Å². The third-order valence-corrected chi connectivity index (χ3v) is 5.10. The normalized spacial score (nSPS) is 22.9. The van der Waals surface area contributed by atoms with Crippen LogP contribution in [0.4, 0.5) is 5.82 Å². The summed E-state index contributed by atoms with van der Waals surface area (Å²) >= 11 is 0. The Kier molecular flexibility index (Phi) is 3.70. The quantitative estimate of drug-likeness (QED) is 0.833. The highest BCUT2D eigenvalue weighted by molar-refractivity contribution is 5.94. The van der Waals surface area contributed by atoms with Gasteiger partial charge in [-0.25, -0.2) is 4.98 Å². The standard InChI is InChI=1S/C20H19N3O/c1-2-9-21-20(24)14-7-8-18(22-11-14)23-12-17-16-10-13-5-3-4-6-15(13)19(16)17/h1,3-8,11,16-17,19H,9-10,12H2,(H,21,24)(H,22,23). The molecule has 2 aromatic rings. The molecule has 1 amide bonds. The lowest BCUT2D eigenvalue weighted by atomic mass is 10.0. The molecule has 0 aliphatic heterocycles. The number of terminal acetylenes is 1. The second-order valence-corrected chi connectivity index (χ2v) is 6.46. The molecule has 4 heteroatoms. The van der Waals surface area contributed by atoms with Crippen molar-refractivity contribution < 1.29 is 4.79 Å². The van der Waals surface area contributed by atoms with Crippen molar-refractivity contribution in [1.29, 1.82) is 0 Å². The van der Waals surface area contributed by atoms with E-state index in [0.717, 1.165) is 18.3 Å². The van der Waals surface area contributed by atoms with Crippen molar-refractivity contribution in [1.82, 2.24) is 10.3 Å². The van der Waals surface area contributed by atoms with Gasteiger partial charge in [-0.3, -0.25) is 4.79 Å². The first-order valence-corrected chi connectivity index (χ1v) is 8.27. The molecule has 2 aliphatic carbocycles. The van der Waals surface area contributed by atoms with Gasteiger partial charge in [0.25, 0.3) is 5.91 Å². The van der Waals surface area contributed by atoms with Crippen LogP contribution in [0.1, 0.15) is 27.4 Å². The van der Waals surface area contributed by atoms with Crippen LogP contribution < -0.4 is 10.6 Å². The van der Waals surface area contributed by atoms with Crippen molar-refractivity contribution in [3.8, 4) is 12.3 Å². The minimum absolute atomic E-state index is 0.194. The monoisotopic (exact) mass is 317 g/mol. The summed E-state index contributed by atoms with van der Waals surface area (Å²) in [5.41, 5.74) is 3.57. The van der Waals surface area contributed by atoms with Crippen LogP contribution in [0.15, 0.2) is 42.6 Å². The molecule has 3 unspecified atom stereocenters. The van der Waals surface area contributed by atoms with E-state index in [1.165, 1.54) is 17.5 Å². The zero-order chi connectivity index (χ0) is 16.5. The van der Waals surface area contributed by atoms with Crippen molar-refractivity contribution in [3.05, 3.63) is 59.3 Å². The highest BCUT2D eigenvalue weighted by Gasteiger charge is 2.54. The minimum Gasteiger partial charge on any atom is -0.370 e. The molecule has 0 spiro atoms. The topological polar surface area (TPSA) is 54.0 Å². The number of benzene rings is 1. The number of nitrogens with one attached hydrogen (secondary N) is 2. The number of hydrogen-bond donors (Lipinski definition) is 2. The number of carbonyl (C=O) groups excluding carboxylic acids is 1. The smallest absolute Gasteiger partial charge is 0.253 e. The Morgan fingerprint density at radius 1 is 1.29 bits per heavy atom. The maximum Gasteiger partial charge on any atom is 0.253 e. The van der Waals surface area contributed by atoms with E-state index < -0.39 is 0 Å². The van der Waals surface area contributed by atoms with E-state index in [2.05, 4.69) is 45.8 Å². The molecule has 1 heterocycles. The lowest BCUT2D eigenvalue weighted by molar-refractivity contribution is 0.0958. The molecule has 1 fully saturated rings. The van der Waals surface area contributed by atoms with E-state index in [9.17, 15) is 4.79 Å². The summed E-state index contributed by atoms with van der Waals surface area (Å²) < 4.78 is 0.